The number of rotatable bonds is 9. The van der Waals surface area contributed by atoms with Crippen molar-refractivity contribution in [3.05, 3.63) is 28.8 Å². The first-order valence-electron chi connectivity index (χ1n) is 8.52. The monoisotopic (exact) mass is 276 g/mol. The lowest BCUT2D eigenvalue weighted by Crippen LogP contribution is -2.01. The summed E-state index contributed by atoms with van der Waals surface area (Å²) in [6.07, 6.45) is 9.17. The quantitative estimate of drug-likeness (QED) is 0.588. The predicted octanol–water partition coefficient (Wildman–Crippen LogP) is 5.98. The second-order valence-electron chi connectivity index (χ2n) is 5.91. The lowest BCUT2D eigenvalue weighted by atomic mass is 9.88. The van der Waals surface area contributed by atoms with Crippen LogP contribution in [0.4, 0.5) is 0 Å². The third-order valence-corrected chi connectivity index (χ3v) is 4.32. The van der Waals surface area contributed by atoms with Gasteiger partial charge in [0, 0.05) is 0 Å². The minimum Gasteiger partial charge on any atom is -0.507 e. The van der Waals surface area contributed by atoms with Gasteiger partial charge in [-0.1, -0.05) is 52.7 Å². The van der Waals surface area contributed by atoms with Gasteiger partial charge in [-0.3, -0.25) is 0 Å². The number of phenolic OH excluding ortho intramolecular Hbond substituents is 1. The van der Waals surface area contributed by atoms with E-state index >= 15 is 0 Å². The number of phenols is 1. The predicted molar refractivity (Wildman–Crippen MR) is 88.7 cm³/mol. The molecule has 1 rings (SSSR count). The molecule has 0 aliphatic rings. The molecule has 0 heterocycles. The molecular weight excluding hydrogens is 244 g/mol. The topological polar surface area (TPSA) is 20.2 Å². The molecule has 0 aliphatic heterocycles. The van der Waals surface area contributed by atoms with Crippen LogP contribution in [-0.2, 0) is 12.8 Å². The Labute approximate surface area is 125 Å². The highest BCUT2D eigenvalue weighted by Crippen LogP contribution is 2.35. The zero-order valence-corrected chi connectivity index (χ0v) is 13.8. The molecule has 20 heavy (non-hydrogen) atoms. The summed E-state index contributed by atoms with van der Waals surface area (Å²) in [5, 5.41) is 10.6. The Hall–Kier alpha value is -0.980. The normalized spacial score (nSPS) is 11.2. The third-order valence-electron chi connectivity index (χ3n) is 4.32. The van der Waals surface area contributed by atoms with E-state index in [4.69, 9.17) is 0 Å². The second-order valence-corrected chi connectivity index (χ2v) is 5.91. The molecule has 1 nitrogen and oxygen atoms in total. The Balaban J connectivity index is 3.11. The third kappa shape index (κ3) is 4.54. The van der Waals surface area contributed by atoms with Crippen molar-refractivity contribution in [3.63, 3.8) is 0 Å². The molecule has 0 aliphatic carbocycles. The fourth-order valence-electron chi connectivity index (χ4n) is 2.91. The van der Waals surface area contributed by atoms with E-state index in [1.165, 1.54) is 36.0 Å². The first-order chi connectivity index (χ1) is 9.67. The van der Waals surface area contributed by atoms with Gasteiger partial charge in [-0.25, -0.2) is 0 Å². The fraction of sp³-hybridized carbons (Fsp3) is 0.684. The Kier molecular flexibility index (Phi) is 7.72. The first kappa shape index (κ1) is 17.1. The van der Waals surface area contributed by atoms with Crippen LogP contribution in [0.15, 0.2) is 12.1 Å². The summed E-state index contributed by atoms with van der Waals surface area (Å²) < 4.78 is 0. The number of aryl methyl sites for hydroxylation is 2. The van der Waals surface area contributed by atoms with E-state index in [1.54, 1.807) is 0 Å². The first-order valence-corrected chi connectivity index (χ1v) is 8.52. The van der Waals surface area contributed by atoms with Crippen molar-refractivity contribution < 1.29 is 5.11 Å². The highest BCUT2D eigenvalue weighted by atomic mass is 16.3. The van der Waals surface area contributed by atoms with Gasteiger partial charge in [0.15, 0.2) is 0 Å². The van der Waals surface area contributed by atoms with Gasteiger partial charge in [-0.05, 0) is 61.1 Å². The average Bonchev–Trinajstić information content (AvgIpc) is 2.47. The molecule has 0 amide bonds. The van der Waals surface area contributed by atoms with E-state index in [0.29, 0.717) is 11.7 Å². The zero-order chi connectivity index (χ0) is 15.0. The molecule has 0 saturated heterocycles. The summed E-state index contributed by atoms with van der Waals surface area (Å²) in [5.41, 5.74) is 3.77. The van der Waals surface area contributed by atoms with Gasteiger partial charge in [-0.15, -0.1) is 0 Å². The van der Waals surface area contributed by atoms with Gasteiger partial charge in [0.05, 0.1) is 0 Å². The maximum atomic E-state index is 10.6. The Morgan fingerprint density at radius 2 is 1.50 bits per heavy atom. The number of hydrogen-bond donors (Lipinski definition) is 1. The molecule has 0 atom stereocenters. The smallest absolute Gasteiger partial charge is 0.122 e. The summed E-state index contributed by atoms with van der Waals surface area (Å²) in [6.45, 7) is 8.88. The molecule has 1 aromatic rings. The Morgan fingerprint density at radius 3 is 2.05 bits per heavy atom. The van der Waals surface area contributed by atoms with Crippen molar-refractivity contribution in [1.29, 1.82) is 0 Å². The zero-order valence-electron chi connectivity index (χ0n) is 13.8. The number of hydrogen-bond acceptors (Lipinski definition) is 1. The van der Waals surface area contributed by atoms with E-state index < -0.39 is 0 Å². The van der Waals surface area contributed by atoms with Crippen LogP contribution in [0.3, 0.4) is 0 Å². The maximum Gasteiger partial charge on any atom is 0.122 e. The molecule has 0 fully saturated rings. The number of aromatic hydroxyl groups is 1. The molecule has 0 aromatic heterocycles. The summed E-state index contributed by atoms with van der Waals surface area (Å²) in [5.74, 6) is 1.07. The Morgan fingerprint density at radius 1 is 0.900 bits per heavy atom. The van der Waals surface area contributed by atoms with Crippen molar-refractivity contribution in [2.24, 2.45) is 0 Å². The van der Waals surface area contributed by atoms with Crippen LogP contribution >= 0.6 is 0 Å². The van der Waals surface area contributed by atoms with Crippen LogP contribution in [-0.4, -0.2) is 5.11 Å². The van der Waals surface area contributed by atoms with E-state index in [1.807, 2.05) is 0 Å². The minimum absolute atomic E-state index is 0.497. The van der Waals surface area contributed by atoms with Crippen molar-refractivity contribution in [1.82, 2.24) is 0 Å². The molecule has 0 bridgehead atoms. The molecule has 0 spiro atoms. The van der Waals surface area contributed by atoms with Crippen molar-refractivity contribution in [3.8, 4) is 5.75 Å². The van der Waals surface area contributed by atoms with Crippen LogP contribution in [0.1, 0.15) is 88.8 Å². The standard InChI is InChI=1S/C19H32O/c1-5-9-11-15-13-17(12-10-6-2)19(20)18(14-15)16(7-3)8-4/h13-14,16,20H,5-12H2,1-4H3. The molecule has 114 valence electrons. The van der Waals surface area contributed by atoms with E-state index in [9.17, 15) is 5.11 Å². The summed E-state index contributed by atoms with van der Waals surface area (Å²) in [7, 11) is 0. The summed E-state index contributed by atoms with van der Waals surface area (Å²) in [6, 6.07) is 4.50. The van der Waals surface area contributed by atoms with Gasteiger partial charge in [-0.2, -0.15) is 0 Å². The molecule has 1 aromatic carbocycles. The SMILES string of the molecule is CCCCc1cc(CCCC)c(O)c(C(CC)CC)c1. The average molecular weight is 276 g/mol. The highest BCUT2D eigenvalue weighted by molar-refractivity contribution is 5.46. The lowest BCUT2D eigenvalue weighted by Gasteiger charge is -2.19. The summed E-state index contributed by atoms with van der Waals surface area (Å²) >= 11 is 0. The maximum absolute atomic E-state index is 10.6. The molecule has 0 unspecified atom stereocenters. The number of unbranched alkanes of at least 4 members (excludes halogenated alkanes) is 2. The Bertz CT molecular complexity index is 391. The molecule has 0 radical (unpaired) electrons. The van der Waals surface area contributed by atoms with Crippen LogP contribution in [0.5, 0.6) is 5.75 Å². The van der Waals surface area contributed by atoms with E-state index in [-0.39, 0.29) is 0 Å². The molecule has 1 N–H and O–H groups in total. The van der Waals surface area contributed by atoms with Crippen LogP contribution < -0.4 is 0 Å². The van der Waals surface area contributed by atoms with Crippen molar-refractivity contribution >= 4 is 0 Å². The van der Waals surface area contributed by atoms with Crippen LogP contribution in [0.2, 0.25) is 0 Å². The molecular formula is C19H32O. The summed E-state index contributed by atoms with van der Waals surface area (Å²) in [4.78, 5) is 0. The highest BCUT2D eigenvalue weighted by Gasteiger charge is 2.16. The molecule has 1 heteroatoms. The van der Waals surface area contributed by atoms with Gasteiger partial charge >= 0.3 is 0 Å². The van der Waals surface area contributed by atoms with Gasteiger partial charge in [0.25, 0.3) is 0 Å². The van der Waals surface area contributed by atoms with Crippen LogP contribution in [0.25, 0.3) is 0 Å². The molecule has 0 saturated carbocycles. The van der Waals surface area contributed by atoms with E-state index in [0.717, 1.165) is 32.1 Å². The van der Waals surface area contributed by atoms with Crippen molar-refractivity contribution in [2.45, 2.75) is 85.0 Å². The largest absolute Gasteiger partial charge is 0.507 e. The lowest BCUT2D eigenvalue weighted by molar-refractivity contribution is 0.449. The fourth-order valence-corrected chi connectivity index (χ4v) is 2.91. The van der Waals surface area contributed by atoms with Crippen LogP contribution in [0, 0.1) is 0 Å². The number of benzene rings is 1. The van der Waals surface area contributed by atoms with E-state index in [2.05, 4.69) is 39.8 Å². The van der Waals surface area contributed by atoms with Crippen molar-refractivity contribution in [2.75, 3.05) is 0 Å². The van der Waals surface area contributed by atoms with Gasteiger partial charge in [0.2, 0.25) is 0 Å². The van der Waals surface area contributed by atoms with Gasteiger partial charge in [0.1, 0.15) is 5.75 Å². The minimum atomic E-state index is 0.497. The second kappa shape index (κ2) is 9.05. The van der Waals surface area contributed by atoms with Gasteiger partial charge < -0.3 is 5.11 Å².